The van der Waals surface area contributed by atoms with Gasteiger partial charge in [0.25, 0.3) is 5.91 Å². The Bertz CT molecular complexity index is 765. The van der Waals surface area contributed by atoms with Crippen LogP contribution < -0.4 is 10.6 Å². The minimum atomic E-state index is -0.623. The monoisotopic (exact) mass is 383 g/mol. The molecule has 0 saturated carbocycles. The van der Waals surface area contributed by atoms with Crippen molar-refractivity contribution in [1.82, 2.24) is 15.5 Å². The fraction of sp³-hybridized carbons (Fsp3) is 0.455. The molecular weight excluding hydrogens is 354 g/mol. The van der Waals surface area contributed by atoms with Gasteiger partial charge < -0.3 is 15.1 Å². The van der Waals surface area contributed by atoms with Crippen molar-refractivity contribution in [2.75, 3.05) is 13.1 Å². The first kappa shape index (κ1) is 20.1. The van der Waals surface area contributed by atoms with E-state index in [1.54, 1.807) is 13.0 Å². The zero-order valence-electron chi connectivity index (χ0n) is 16.4. The van der Waals surface area contributed by atoms with E-state index in [2.05, 4.69) is 27.7 Å². The minimum Gasteiger partial charge on any atom is -0.472 e. The standard InChI is InChI=1S/C22H29N3O3/c1-17(24-22(27)20-9-12-28-16-20)21(26)23-14-18-7-6-8-19(13-18)15-25-10-4-2-3-5-11-25/h6-9,12-13,16-17H,2-5,10-11,14-15H2,1H3,(H,23,26)(H,24,27). The van der Waals surface area contributed by atoms with Gasteiger partial charge in [-0.2, -0.15) is 0 Å². The van der Waals surface area contributed by atoms with Gasteiger partial charge in [-0.3, -0.25) is 14.5 Å². The molecule has 0 bridgehead atoms. The van der Waals surface area contributed by atoms with E-state index < -0.39 is 6.04 Å². The average Bonchev–Trinajstić information content (AvgIpc) is 3.12. The predicted octanol–water partition coefficient (Wildman–Crippen LogP) is 3.09. The van der Waals surface area contributed by atoms with Gasteiger partial charge in [-0.1, -0.05) is 37.1 Å². The number of carbonyl (C=O) groups is 2. The van der Waals surface area contributed by atoms with Gasteiger partial charge in [0.2, 0.25) is 5.91 Å². The maximum atomic E-state index is 12.3. The fourth-order valence-electron chi connectivity index (χ4n) is 3.47. The molecule has 2 amide bonds. The largest absolute Gasteiger partial charge is 0.472 e. The Balaban J connectivity index is 1.48. The van der Waals surface area contributed by atoms with Gasteiger partial charge in [-0.25, -0.2) is 0 Å². The van der Waals surface area contributed by atoms with Crippen LogP contribution in [0.1, 0.15) is 54.1 Å². The van der Waals surface area contributed by atoms with E-state index in [0.717, 1.165) is 25.2 Å². The number of carbonyl (C=O) groups excluding carboxylic acids is 2. The lowest BCUT2D eigenvalue weighted by atomic mass is 10.1. The van der Waals surface area contributed by atoms with Gasteiger partial charge >= 0.3 is 0 Å². The van der Waals surface area contributed by atoms with Crippen molar-refractivity contribution in [1.29, 1.82) is 0 Å². The molecule has 0 aliphatic carbocycles. The lowest BCUT2D eigenvalue weighted by Crippen LogP contribution is -2.44. The minimum absolute atomic E-state index is 0.213. The van der Waals surface area contributed by atoms with Crippen LogP contribution in [0, 0.1) is 0 Å². The highest BCUT2D eigenvalue weighted by atomic mass is 16.3. The molecule has 3 rings (SSSR count). The number of nitrogens with one attached hydrogen (secondary N) is 2. The quantitative estimate of drug-likeness (QED) is 0.770. The Morgan fingerprint density at radius 3 is 2.57 bits per heavy atom. The molecule has 1 fully saturated rings. The molecule has 6 nitrogen and oxygen atoms in total. The number of benzene rings is 1. The normalized spacial score (nSPS) is 16.2. The van der Waals surface area contributed by atoms with Gasteiger partial charge in [0.05, 0.1) is 11.8 Å². The third-order valence-corrected chi connectivity index (χ3v) is 5.09. The summed E-state index contributed by atoms with van der Waals surface area (Å²) < 4.78 is 4.89. The Kier molecular flexibility index (Phi) is 7.25. The highest BCUT2D eigenvalue weighted by molar-refractivity contribution is 5.97. The van der Waals surface area contributed by atoms with Crippen LogP contribution in [0.3, 0.4) is 0 Å². The lowest BCUT2D eigenvalue weighted by molar-refractivity contribution is -0.122. The van der Waals surface area contributed by atoms with E-state index in [0.29, 0.717) is 12.1 Å². The first-order valence-corrected chi connectivity index (χ1v) is 10.0. The number of rotatable bonds is 7. The van der Waals surface area contributed by atoms with Crippen molar-refractivity contribution in [3.8, 4) is 0 Å². The van der Waals surface area contributed by atoms with Crippen molar-refractivity contribution in [2.45, 2.75) is 51.7 Å². The van der Waals surface area contributed by atoms with Crippen LogP contribution >= 0.6 is 0 Å². The first-order valence-electron chi connectivity index (χ1n) is 10.0. The van der Waals surface area contributed by atoms with Crippen LogP contribution in [0.4, 0.5) is 0 Å². The summed E-state index contributed by atoms with van der Waals surface area (Å²) in [5.41, 5.74) is 2.74. The lowest BCUT2D eigenvalue weighted by Gasteiger charge is -2.20. The maximum Gasteiger partial charge on any atom is 0.255 e. The summed E-state index contributed by atoms with van der Waals surface area (Å²) >= 11 is 0. The van der Waals surface area contributed by atoms with Crippen LogP contribution in [-0.2, 0) is 17.9 Å². The summed E-state index contributed by atoms with van der Waals surface area (Å²) in [6, 6.07) is 9.29. The fourth-order valence-corrected chi connectivity index (χ4v) is 3.47. The smallest absolute Gasteiger partial charge is 0.255 e. The van der Waals surface area contributed by atoms with Crippen LogP contribution in [-0.4, -0.2) is 35.8 Å². The molecule has 2 N–H and O–H groups in total. The molecule has 0 radical (unpaired) electrons. The molecule has 1 aromatic heterocycles. The molecule has 1 saturated heterocycles. The Morgan fingerprint density at radius 2 is 1.86 bits per heavy atom. The Hall–Kier alpha value is -2.60. The van der Waals surface area contributed by atoms with Gasteiger partial charge in [0.15, 0.2) is 0 Å². The van der Waals surface area contributed by atoms with Crippen molar-refractivity contribution >= 4 is 11.8 Å². The summed E-state index contributed by atoms with van der Waals surface area (Å²) in [7, 11) is 0. The second-order valence-electron chi connectivity index (χ2n) is 7.44. The molecule has 1 unspecified atom stereocenters. The second kappa shape index (κ2) is 10.1. The zero-order valence-corrected chi connectivity index (χ0v) is 16.4. The highest BCUT2D eigenvalue weighted by Gasteiger charge is 2.17. The van der Waals surface area contributed by atoms with E-state index in [-0.39, 0.29) is 11.8 Å². The molecule has 1 aromatic carbocycles. The highest BCUT2D eigenvalue weighted by Crippen LogP contribution is 2.14. The number of hydrogen-bond donors (Lipinski definition) is 2. The second-order valence-corrected chi connectivity index (χ2v) is 7.44. The molecule has 1 aliphatic heterocycles. The number of hydrogen-bond acceptors (Lipinski definition) is 4. The van der Waals surface area contributed by atoms with E-state index >= 15 is 0 Å². The maximum absolute atomic E-state index is 12.3. The third-order valence-electron chi connectivity index (χ3n) is 5.09. The van der Waals surface area contributed by atoms with E-state index in [1.807, 2.05) is 12.1 Å². The Morgan fingerprint density at radius 1 is 1.11 bits per heavy atom. The van der Waals surface area contributed by atoms with Crippen molar-refractivity contribution < 1.29 is 14.0 Å². The molecular formula is C22H29N3O3. The molecule has 28 heavy (non-hydrogen) atoms. The van der Waals surface area contributed by atoms with Crippen molar-refractivity contribution in [3.63, 3.8) is 0 Å². The van der Waals surface area contributed by atoms with Crippen LogP contribution in [0.2, 0.25) is 0 Å². The van der Waals surface area contributed by atoms with E-state index in [1.165, 1.54) is 43.8 Å². The van der Waals surface area contributed by atoms with Gasteiger partial charge in [-0.05, 0) is 50.0 Å². The molecule has 1 atom stereocenters. The van der Waals surface area contributed by atoms with Gasteiger partial charge in [0, 0.05) is 13.1 Å². The summed E-state index contributed by atoms with van der Waals surface area (Å²) in [6.45, 7) is 5.39. The average molecular weight is 383 g/mol. The Labute approximate surface area is 166 Å². The third kappa shape index (κ3) is 5.96. The number of nitrogens with zero attached hydrogens (tertiary/aromatic N) is 1. The zero-order chi connectivity index (χ0) is 19.8. The van der Waals surface area contributed by atoms with Crippen LogP contribution in [0.5, 0.6) is 0 Å². The van der Waals surface area contributed by atoms with E-state index in [4.69, 9.17) is 4.42 Å². The number of amides is 2. The molecule has 2 aromatic rings. The first-order chi connectivity index (χ1) is 13.6. The summed E-state index contributed by atoms with van der Waals surface area (Å²) in [5.74, 6) is -0.536. The van der Waals surface area contributed by atoms with E-state index in [9.17, 15) is 9.59 Å². The molecule has 150 valence electrons. The van der Waals surface area contributed by atoms with Gasteiger partial charge in [0.1, 0.15) is 12.3 Å². The summed E-state index contributed by atoms with van der Waals surface area (Å²) in [5, 5.41) is 5.57. The number of furan rings is 1. The van der Waals surface area contributed by atoms with Crippen molar-refractivity contribution in [2.24, 2.45) is 0 Å². The summed E-state index contributed by atoms with van der Waals surface area (Å²) in [4.78, 5) is 26.8. The molecule has 2 heterocycles. The van der Waals surface area contributed by atoms with Crippen LogP contribution in [0.25, 0.3) is 0 Å². The van der Waals surface area contributed by atoms with Gasteiger partial charge in [-0.15, -0.1) is 0 Å². The molecule has 0 spiro atoms. The summed E-state index contributed by atoms with van der Waals surface area (Å²) in [6.07, 6.45) is 8.00. The molecule has 1 aliphatic rings. The SMILES string of the molecule is CC(NC(=O)c1ccoc1)C(=O)NCc1cccc(CN2CCCCCC2)c1. The predicted molar refractivity (Wildman–Crippen MR) is 108 cm³/mol. The van der Waals surface area contributed by atoms with Crippen molar-refractivity contribution in [3.05, 3.63) is 59.5 Å². The number of likely N-dealkylation sites (tertiary alicyclic amines) is 1. The van der Waals surface area contributed by atoms with Crippen LogP contribution in [0.15, 0.2) is 47.3 Å². The molecule has 6 heteroatoms. The topological polar surface area (TPSA) is 74.6 Å².